The Balaban J connectivity index is 1.53. The maximum atomic E-state index is 13.2. The first-order chi connectivity index (χ1) is 13.5. The van der Waals surface area contributed by atoms with Crippen LogP contribution in [0.1, 0.15) is 35.0 Å². The summed E-state index contributed by atoms with van der Waals surface area (Å²) < 4.78 is 1.75. The van der Waals surface area contributed by atoms with Crippen molar-refractivity contribution in [2.45, 2.75) is 32.7 Å². The van der Waals surface area contributed by atoms with Crippen molar-refractivity contribution in [3.63, 3.8) is 0 Å². The van der Waals surface area contributed by atoms with Gasteiger partial charge in [0, 0.05) is 37.4 Å². The summed E-state index contributed by atoms with van der Waals surface area (Å²) in [7, 11) is 2.11. The van der Waals surface area contributed by atoms with E-state index >= 15 is 0 Å². The molecular formula is C21H26N6O. The van der Waals surface area contributed by atoms with Crippen LogP contribution in [0.15, 0.2) is 36.7 Å². The second-order valence-electron chi connectivity index (χ2n) is 7.51. The maximum Gasteiger partial charge on any atom is 0.252 e. The van der Waals surface area contributed by atoms with E-state index in [1.165, 1.54) is 11.9 Å². The van der Waals surface area contributed by atoms with E-state index in [-0.39, 0.29) is 11.9 Å². The van der Waals surface area contributed by atoms with E-state index in [2.05, 4.69) is 39.1 Å². The van der Waals surface area contributed by atoms with Crippen LogP contribution in [-0.2, 0) is 11.2 Å². The van der Waals surface area contributed by atoms with Crippen molar-refractivity contribution in [1.29, 1.82) is 0 Å². The summed E-state index contributed by atoms with van der Waals surface area (Å²) in [6.07, 6.45) is 2.64. The van der Waals surface area contributed by atoms with Crippen LogP contribution in [-0.4, -0.2) is 62.0 Å². The van der Waals surface area contributed by atoms with Crippen molar-refractivity contribution >= 4 is 11.7 Å². The minimum Gasteiger partial charge on any atom is -0.333 e. The highest BCUT2D eigenvalue weighted by atomic mass is 16.2. The van der Waals surface area contributed by atoms with Crippen molar-refractivity contribution in [3.8, 4) is 0 Å². The molecule has 1 fully saturated rings. The Hall–Kier alpha value is -2.80. The van der Waals surface area contributed by atoms with E-state index in [1.807, 2.05) is 36.9 Å². The van der Waals surface area contributed by atoms with Gasteiger partial charge in [-0.1, -0.05) is 30.3 Å². The van der Waals surface area contributed by atoms with Gasteiger partial charge in [0.1, 0.15) is 6.33 Å². The van der Waals surface area contributed by atoms with Gasteiger partial charge in [-0.05, 0) is 38.4 Å². The van der Waals surface area contributed by atoms with Crippen LogP contribution in [0.25, 0.3) is 5.78 Å². The number of amides is 1. The smallest absolute Gasteiger partial charge is 0.252 e. The van der Waals surface area contributed by atoms with Gasteiger partial charge in [-0.15, -0.1) is 0 Å². The van der Waals surface area contributed by atoms with E-state index in [4.69, 9.17) is 0 Å². The quantitative estimate of drug-likeness (QED) is 0.696. The zero-order chi connectivity index (χ0) is 19.7. The van der Waals surface area contributed by atoms with Crippen LogP contribution in [0.2, 0.25) is 0 Å². The molecule has 1 aliphatic rings. The molecule has 1 aliphatic heterocycles. The van der Waals surface area contributed by atoms with Crippen LogP contribution in [0.4, 0.5) is 0 Å². The van der Waals surface area contributed by atoms with Gasteiger partial charge in [0.05, 0.1) is 6.04 Å². The largest absolute Gasteiger partial charge is 0.333 e. The standard InChI is InChI=1S/C21H26N6O/c1-15-18(16(2)27-21(24-15)22-14-23-27)9-10-20(28)26-12-11-25(3)13-19(26)17-7-5-4-6-8-17/h4-8,14,19H,9-13H2,1-3H3/t19-/m1/s1. The lowest BCUT2D eigenvalue weighted by atomic mass is 10.0. The summed E-state index contributed by atoms with van der Waals surface area (Å²) in [6.45, 7) is 6.51. The van der Waals surface area contributed by atoms with Crippen molar-refractivity contribution in [2.75, 3.05) is 26.7 Å². The first-order valence-electron chi connectivity index (χ1n) is 9.73. The zero-order valence-corrected chi connectivity index (χ0v) is 16.7. The molecule has 2 aromatic heterocycles. The molecule has 3 aromatic rings. The lowest BCUT2D eigenvalue weighted by molar-refractivity contribution is -0.136. The number of aryl methyl sites for hydroxylation is 2. The van der Waals surface area contributed by atoms with Gasteiger partial charge in [0.2, 0.25) is 5.91 Å². The van der Waals surface area contributed by atoms with E-state index in [9.17, 15) is 4.79 Å². The first kappa shape index (κ1) is 18.6. The van der Waals surface area contributed by atoms with Gasteiger partial charge in [-0.25, -0.2) is 9.50 Å². The van der Waals surface area contributed by atoms with Gasteiger partial charge in [0.25, 0.3) is 5.78 Å². The molecule has 0 unspecified atom stereocenters. The number of fused-ring (bicyclic) bond motifs is 1. The molecule has 0 saturated carbocycles. The zero-order valence-electron chi connectivity index (χ0n) is 16.7. The van der Waals surface area contributed by atoms with Crippen molar-refractivity contribution in [3.05, 3.63) is 59.2 Å². The summed E-state index contributed by atoms with van der Waals surface area (Å²) in [5, 5.41) is 4.24. The molecule has 3 heterocycles. The average molecular weight is 378 g/mol. The summed E-state index contributed by atoms with van der Waals surface area (Å²) in [6, 6.07) is 10.4. The van der Waals surface area contributed by atoms with Crippen molar-refractivity contribution < 1.29 is 4.79 Å². The highest BCUT2D eigenvalue weighted by molar-refractivity contribution is 5.77. The fraction of sp³-hybridized carbons (Fsp3) is 0.429. The number of carbonyl (C=O) groups excluding carboxylic acids is 1. The fourth-order valence-electron chi connectivity index (χ4n) is 4.07. The highest BCUT2D eigenvalue weighted by Crippen LogP contribution is 2.26. The molecule has 0 radical (unpaired) electrons. The lowest BCUT2D eigenvalue weighted by Crippen LogP contribution is -2.49. The fourth-order valence-corrected chi connectivity index (χ4v) is 4.07. The highest BCUT2D eigenvalue weighted by Gasteiger charge is 2.30. The Kier molecular flexibility index (Phi) is 5.09. The predicted octanol–water partition coefficient (Wildman–Crippen LogP) is 2.19. The number of piperazine rings is 1. The molecule has 0 spiro atoms. The van der Waals surface area contributed by atoms with Crippen LogP contribution in [0, 0.1) is 13.8 Å². The normalized spacial score (nSPS) is 18.0. The summed E-state index contributed by atoms with van der Waals surface area (Å²) in [5.41, 5.74) is 4.20. The second-order valence-corrected chi connectivity index (χ2v) is 7.51. The van der Waals surface area contributed by atoms with Crippen LogP contribution >= 0.6 is 0 Å². The van der Waals surface area contributed by atoms with Gasteiger partial charge >= 0.3 is 0 Å². The molecular weight excluding hydrogens is 352 g/mol. The molecule has 7 heteroatoms. The number of hydrogen-bond donors (Lipinski definition) is 0. The Morgan fingerprint density at radius 2 is 1.96 bits per heavy atom. The van der Waals surface area contributed by atoms with E-state index in [1.54, 1.807) is 4.52 Å². The summed E-state index contributed by atoms with van der Waals surface area (Å²) in [5.74, 6) is 0.799. The van der Waals surface area contributed by atoms with Crippen LogP contribution in [0.5, 0.6) is 0 Å². The Labute approximate surface area is 165 Å². The Morgan fingerprint density at radius 3 is 2.75 bits per heavy atom. The van der Waals surface area contributed by atoms with Gasteiger partial charge < -0.3 is 9.80 Å². The molecule has 1 saturated heterocycles. The molecule has 1 amide bonds. The number of rotatable bonds is 4. The Morgan fingerprint density at radius 1 is 1.18 bits per heavy atom. The first-order valence-corrected chi connectivity index (χ1v) is 9.73. The lowest BCUT2D eigenvalue weighted by Gasteiger charge is -2.40. The topological polar surface area (TPSA) is 66.6 Å². The molecule has 146 valence electrons. The second kappa shape index (κ2) is 7.67. The molecule has 1 aromatic carbocycles. The van der Waals surface area contributed by atoms with Crippen molar-refractivity contribution in [1.82, 2.24) is 29.4 Å². The summed E-state index contributed by atoms with van der Waals surface area (Å²) >= 11 is 0. The monoisotopic (exact) mass is 378 g/mol. The number of benzene rings is 1. The number of carbonyl (C=O) groups is 1. The van der Waals surface area contributed by atoms with Gasteiger partial charge in [-0.2, -0.15) is 10.1 Å². The molecule has 28 heavy (non-hydrogen) atoms. The number of hydrogen-bond acceptors (Lipinski definition) is 5. The maximum absolute atomic E-state index is 13.2. The SMILES string of the molecule is Cc1nc2ncnn2c(C)c1CCC(=O)N1CCN(C)C[C@@H]1c1ccccc1. The predicted molar refractivity (Wildman–Crippen MR) is 107 cm³/mol. The molecule has 7 nitrogen and oxygen atoms in total. The molecule has 0 aliphatic carbocycles. The van der Waals surface area contributed by atoms with Crippen LogP contribution < -0.4 is 0 Å². The third-order valence-corrected chi connectivity index (χ3v) is 5.67. The molecule has 0 N–H and O–H groups in total. The van der Waals surface area contributed by atoms with Gasteiger partial charge in [0.15, 0.2) is 0 Å². The number of aromatic nitrogens is 4. The number of nitrogens with zero attached hydrogens (tertiary/aromatic N) is 6. The average Bonchev–Trinajstić information content (AvgIpc) is 3.17. The van der Waals surface area contributed by atoms with Crippen molar-refractivity contribution in [2.24, 2.45) is 0 Å². The van der Waals surface area contributed by atoms with E-state index in [0.717, 1.165) is 36.6 Å². The third-order valence-electron chi connectivity index (χ3n) is 5.67. The number of likely N-dealkylation sites (N-methyl/N-ethyl adjacent to an activating group) is 1. The molecule has 4 rings (SSSR count). The van der Waals surface area contributed by atoms with E-state index < -0.39 is 0 Å². The summed E-state index contributed by atoms with van der Waals surface area (Å²) in [4.78, 5) is 26.2. The Bertz CT molecular complexity index is 983. The third kappa shape index (κ3) is 3.49. The van der Waals surface area contributed by atoms with Crippen LogP contribution in [0.3, 0.4) is 0 Å². The minimum absolute atomic E-state index is 0.102. The van der Waals surface area contributed by atoms with E-state index in [0.29, 0.717) is 18.6 Å². The molecule has 0 bridgehead atoms. The minimum atomic E-state index is 0.102. The van der Waals surface area contributed by atoms with Gasteiger partial charge in [-0.3, -0.25) is 4.79 Å². The molecule has 1 atom stereocenters.